The molecule has 0 aliphatic carbocycles. The summed E-state index contributed by atoms with van der Waals surface area (Å²) in [6, 6.07) is 20.8. The third-order valence-electron chi connectivity index (χ3n) is 3.77. The van der Waals surface area contributed by atoms with Crippen LogP contribution in [0.25, 0.3) is 0 Å². The number of rotatable bonds is 8. The number of carbonyl (C=O) groups excluding carboxylic acids is 2. The molecule has 0 bridgehead atoms. The molecule has 138 valence electrons. The SMILES string of the molecule is O=C(NCCSCc1ccccc1)c1cccc(NC(=O)c2cccs2)c1. The van der Waals surface area contributed by atoms with Gasteiger partial charge in [0, 0.05) is 29.3 Å². The molecule has 0 saturated heterocycles. The highest BCUT2D eigenvalue weighted by molar-refractivity contribution is 7.98. The lowest BCUT2D eigenvalue weighted by atomic mass is 10.2. The first-order valence-electron chi connectivity index (χ1n) is 8.57. The second-order valence-corrected chi connectivity index (χ2v) is 7.86. The molecule has 0 spiro atoms. The molecule has 27 heavy (non-hydrogen) atoms. The Hall–Kier alpha value is -2.57. The Balaban J connectivity index is 1.45. The molecule has 2 N–H and O–H groups in total. The van der Waals surface area contributed by atoms with Gasteiger partial charge in [0.25, 0.3) is 11.8 Å². The van der Waals surface area contributed by atoms with Gasteiger partial charge in [-0.3, -0.25) is 9.59 Å². The van der Waals surface area contributed by atoms with Crippen molar-refractivity contribution in [2.75, 3.05) is 17.6 Å². The quantitative estimate of drug-likeness (QED) is 0.544. The fourth-order valence-electron chi connectivity index (χ4n) is 2.44. The molecule has 0 unspecified atom stereocenters. The topological polar surface area (TPSA) is 58.2 Å². The smallest absolute Gasteiger partial charge is 0.265 e. The van der Waals surface area contributed by atoms with Crippen molar-refractivity contribution in [1.29, 1.82) is 0 Å². The number of nitrogens with one attached hydrogen (secondary N) is 2. The Morgan fingerprint density at radius 2 is 1.78 bits per heavy atom. The molecule has 0 radical (unpaired) electrons. The lowest BCUT2D eigenvalue weighted by molar-refractivity contribution is 0.0954. The van der Waals surface area contributed by atoms with Crippen molar-refractivity contribution in [3.8, 4) is 0 Å². The second-order valence-electron chi connectivity index (χ2n) is 5.81. The van der Waals surface area contributed by atoms with Crippen LogP contribution >= 0.6 is 23.1 Å². The zero-order valence-corrected chi connectivity index (χ0v) is 16.3. The van der Waals surface area contributed by atoms with Crippen molar-refractivity contribution in [2.24, 2.45) is 0 Å². The number of thiophene rings is 1. The third-order valence-corrected chi connectivity index (χ3v) is 5.67. The Labute approximate surface area is 167 Å². The lowest BCUT2D eigenvalue weighted by Gasteiger charge is -2.08. The molecule has 0 saturated carbocycles. The van der Waals surface area contributed by atoms with Crippen LogP contribution in [0.5, 0.6) is 0 Å². The van der Waals surface area contributed by atoms with Crippen LogP contribution in [0.2, 0.25) is 0 Å². The number of thioether (sulfide) groups is 1. The minimum absolute atomic E-state index is 0.137. The first-order chi connectivity index (χ1) is 13.2. The normalized spacial score (nSPS) is 10.4. The summed E-state index contributed by atoms with van der Waals surface area (Å²) in [5, 5.41) is 7.60. The van der Waals surface area contributed by atoms with Crippen molar-refractivity contribution in [3.05, 3.63) is 88.1 Å². The maximum atomic E-state index is 12.3. The predicted octanol–water partition coefficient (Wildman–Crippen LogP) is 4.66. The minimum Gasteiger partial charge on any atom is -0.351 e. The molecule has 2 amide bonds. The van der Waals surface area contributed by atoms with Crippen LogP contribution in [-0.2, 0) is 5.75 Å². The van der Waals surface area contributed by atoms with E-state index in [9.17, 15) is 9.59 Å². The van der Waals surface area contributed by atoms with E-state index in [-0.39, 0.29) is 11.8 Å². The van der Waals surface area contributed by atoms with Gasteiger partial charge in [-0.2, -0.15) is 11.8 Å². The summed E-state index contributed by atoms with van der Waals surface area (Å²) < 4.78 is 0. The zero-order valence-electron chi connectivity index (χ0n) is 14.7. The molecule has 0 atom stereocenters. The predicted molar refractivity (Wildman–Crippen MR) is 114 cm³/mol. The number of hydrogen-bond acceptors (Lipinski definition) is 4. The number of benzene rings is 2. The molecule has 3 rings (SSSR count). The van der Waals surface area contributed by atoms with E-state index < -0.39 is 0 Å². The van der Waals surface area contributed by atoms with Gasteiger partial charge in [0.2, 0.25) is 0 Å². The van der Waals surface area contributed by atoms with Gasteiger partial charge in [0.1, 0.15) is 0 Å². The van der Waals surface area contributed by atoms with Gasteiger partial charge in [-0.05, 0) is 35.2 Å². The molecule has 1 heterocycles. The molecular formula is C21H20N2O2S2. The van der Waals surface area contributed by atoms with E-state index in [4.69, 9.17) is 0 Å². The van der Waals surface area contributed by atoms with Crippen molar-refractivity contribution in [2.45, 2.75) is 5.75 Å². The van der Waals surface area contributed by atoms with E-state index in [1.165, 1.54) is 16.9 Å². The van der Waals surface area contributed by atoms with E-state index in [0.717, 1.165) is 11.5 Å². The average molecular weight is 397 g/mol. The van der Waals surface area contributed by atoms with E-state index in [0.29, 0.717) is 22.7 Å². The minimum atomic E-state index is -0.167. The van der Waals surface area contributed by atoms with Crippen LogP contribution < -0.4 is 10.6 Å². The maximum Gasteiger partial charge on any atom is 0.265 e. The number of hydrogen-bond donors (Lipinski definition) is 2. The Bertz CT molecular complexity index is 880. The molecule has 1 aromatic heterocycles. The van der Waals surface area contributed by atoms with Gasteiger partial charge in [-0.15, -0.1) is 11.3 Å². The van der Waals surface area contributed by atoms with Crippen LogP contribution in [0.1, 0.15) is 25.6 Å². The van der Waals surface area contributed by atoms with Crippen molar-refractivity contribution in [3.63, 3.8) is 0 Å². The lowest BCUT2D eigenvalue weighted by Crippen LogP contribution is -2.25. The Kier molecular flexibility index (Phi) is 7.07. The van der Waals surface area contributed by atoms with Crippen molar-refractivity contribution < 1.29 is 9.59 Å². The van der Waals surface area contributed by atoms with Gasteiger partial charge >= 0.3 is 0 Å². The van der Waals surface area contributed by atoms with E-state index in [1.54, 1.807) is 42.1 Å². The summed E-state index contributed by atoms with van der Waals surface area (Å²) in [5.74, 6) is 1.47. The third kappa shape index (κ3) is 5.98. The van der Waals surface area contributed by atoms with E-state index >= 15 is 0 Å². The first kappa shape index (κ1) is 19.2. The van der Waals surface area contributed by atoms with Gasteiger partial charge in [0.05, 0.1) is 4.88 Å². The molecule has 0 aliphatic rings. The summed E-state index contributed by atoms with van der Waals surface area (Å²) in [6.07, 6.45) is 0. The standard InChI is InChI=1S/C21H20N2O2S2/c24-20(22-11-13-26-15-16-6-2-1-3-7-16)17-8-4-9-18(14-17)23-21(25)19-10-5-12-27-19/h1-10,12,14H,11,13,15H2,(H,22,24)(H,23,25). The summed E-state index contributed by atoms with van der Waals surface area (Å²) in [6.45, 7) is 0.599. The molecule has 6 heteroatoms. The van der Waals surface area contributed by atoms with Gasteiger partial charge in [-0.25, -0.2) is 0 Å². The Morgan fingerprint density at radius 1 is 0.926 bits per heavy atom. The summed E-state index contributed by atoms with van der Waals surface area (Å²) in [5.41, 5.74) is 2.43. The number of carbonyl (C=O) groups is 2. The highest BCUT2D eigenvalue weighted by atomic mass is 32.2. The van der Waals surface area contributed by atoms with Crippen molar-refractivity contribution >= 4 is 40.6 Å². The summed E-state index contributed by atoms with van der Waals surface area (Å²) in [7, 11) is 0. The highest BCUT2D eigenvalue weighted by Crippen LogP contribution is 2.15. The maximum absolute atomic E-state index is 12.3. The average Bonchev–Trinajstić information content (AvgIpc) is 3.24. The van der Waals surface area contributed by atoms with E-state index in [2.05, 4.69) is 22.8 Å². The summed E-state index contributed by atoms with van der Waals surface area (Å²) >= 11 is 3.16. The van der Waals surface area contributed by atoms with Crippen LogP contribution in [-0.4, -0.2) is 24.1 Å². The van der Waals surface area contributed by atoms with E-state index in [1.807, 2.05) is 29.6 Å². The van der Waals surface area contributed by atoms with Gasteiger partial charge in [0.15, 0.2) is 0 Å². The Morgan fingerprint density at radius 3 is 2.56 bits per heavy atom. The van der Waals surface area contributed by atoms with Gasteiger partial charge in [-0.1, -0.05) is 42.5 Å². The highest BCUT2D eigenvalue weighted by Gasteiger charge is 2.09. The van der Waals surface area contributed by atoms with Gasteiger partial charge < -0.3 is 10.6 Å². The molecule has 2 aromatic carbocycles. The zero-order chi connectivity index (χ0) is 18.9. The number of amides is 2. The second kappa shape index (κ2) is 9.94. The fourth-order valence-corrected chi connectivity index (χ4v) is 3.88. The molecular weight excluding hydrogens is 376 g/mol. The van der Waals surface area contributed by atoms with Crippen LogP contribution in [0.3, 0.4) is 0 Å². The first-order valence-corrected chi connectivity index (χ1v) is 10.6. The van der Waals surface area contributed by atoms with Crippen molar-refractivity contribution in [1.82, 2.24) is 5.32 Å². The molecule has 0 aliphatic heterocycles. The molecule has 0 fully saturated rings. The van der Waals surface area contributed by atoms with Crippen LogP contribution in [0.4, 0.5) is 5.69 Å². The number of anilines is 1. The monoisotopic (exact) mass is 396 g/mol. The fraction of sp³-hybridized carbons (Fsp3) is 0.143. The van der Waals surface area contributed by atoms with Crippen LogP contribution in [0, 0.1) is 0 Å². The summed E-state index contributed by atoms with van der Waals surface area (Å²) in [4.78, 5) is 25.1. The largest absolute Gasteiger partial charge is 0.351 e. The van der Waals surface area contributed by atoms with Crippen LogP contribution in [0.15, 0.2) is 72.1 Å². The molecule has 4 nitrogen and oxygen atoms in total. The molecule has 3 aromatic rings.